The Hall–Kier alpha value is -7.22. The Bertz CT molecular complexity index is 4720. The van der Waals surface area contributed by atoms with Crippen LogP contribution in [-0.2, 0) is 0 Å². The predicted molar refractivity (Wildman–Crippen MR) is 235 cm³/mol. The summed E-state index contributed by atoms with van der Waals surface area (Å²) in [5.74, 6) is 0. The van der Waals surface area contributed by atoms with Gasteiger partial charge in [0.1, 0.15) is 11.2 Å². The Labute approximate surface area is 341 Å². The highest BCUT2D eigenvalue weighted by Crippen LogP contribution is 2.46. The molecule has 0 saturated carbocycles. The average Bonchev–Trinajstić information content (AvgIpc) is 3.76. The van der Waals surface area contributed by atoms with Crippen molar-refractivity contribution in [1.29, 1.82) is 0 Å². The second kappa shape index (κ2) is 10.7. The van der Waals surface area contributed by atoms with Crippen molar-refractivity contribution in [3.63, 3.8) is 0 Å². The third-order valence-corrected chi connectivity index (χ3v) is 10.9. The van der Waals surface area contributed by atoms with Crippen LogP contribution in [0.25, 0.3) is 131 Å². The van der Waals surface area contributed by atoms with Crippen LogP contribution in [0.2, 0.25) is 0 Å². The number of rotatable bonds is 3. The molecule has 0 aliphatic carbocycles. The normalized spacial score (nSPS) is 16.9. The van der Waals surface area contributed by atoms with Crippen LogP contribution in [0.4, 0.5) is 0 Å². The summed E-state index contributed by atoms with van der Waals surface area (Å²) in [6.07, 6.45) is 0. The van der Waals surface area contributed by atoms with Gasteiger partial charge >= 0.3 is 0 Å². The second-order valence-corrected chi connectivity index (χ2v) is 13.7. The van der Waals surface area contributed by atoms with Crippen LogP contribution in [0.1, 0.15) is 24.7 Å². The predicted octanol–water partition coefficient (Wildman–Crippen LogP) is 15.5. The largest absolute Gasteiger partial charge is 0.456 e. The highest BCUT2D eigenvalue weighted by atomic mass is 16.3. The highest BCUT2D eigenvalue weighted by Gasteiger charge is 2.19. The van der Waals surface area contributed by atoms with Crippen molar-refractivity contribution in [1.82, 2.24) is 0 Å². The van der Waals surface area contributed by atoms with Gasteiger partial charge in [0, 0.05) is 10.8 Å². The van der Waals surface area contributed by atoms with Crippen molar-refractivity contribution >= 4 is 97.3 Å². The topological polar surface area (TPSA) is 13.1 Å². The highest BCUT2D eigenvalue weighted by molar-refractivity contribution is 6.27. The van der Waals surface area contributed by atoms with E-state index in [2.05, 4.69) is 0 Å². The van der Waals surface area contributed by atoms with Gasteiger partial charge in [0.05, 0.1) is 24.7 Å². The lowest BCUT2D eigenvalue weighted by Crippen LogP contribution is -1.92. The molecule has 1 heterocycles. The molecule has 55 heavy (non-hydrogen) atoms. The van der Waals surface area contributed by atoms with Crippen molar-refractivity contribution in [3.8, 4) is 33.4 Å². The van der Waals surface area contributed by atoms with Gasteiger partial charge in [0.2, 0.25) is 0 Å². The lowest BCUT2D eigenvalue weighted by atomic mass is 9.84. The minimum absolute atomic E-state index is 0.0230. The molecular formula is C54H30O. The molecule has 0 unspecified atom stereocenters. The van der Waals surface area contributed by atoms with Crippen LogP contribution in [0.15, 0.2) is 186 Å². The number of benzene rings is 12. The fourth-order valence-electron chi connectivity index (χ4n) is 8.42. The molecule has 0 atom stereocenters. The Morgan fingerprint density at radius 3 is 1.56 bits per heavy atom. The molecule has 1 nitrogen and oxygen atoms in total. The molecule has 0 spiro atoms. The van der Waals surface area contributed by atoms with E-state index in [1.165, 1.54) is 0 Å². The molecule has 0 amide bonds. The Balaban J connectivity index is 1.23. The van der Waals surface area contributed by atoms with Crippen LogP contribution in [0.3, 0.4) is 0 Å². The maximum absolute atomic E-state index is 9.85. The third kappa shape index (κ3) is 4.02. The molecule has 0 fully saturated rings. The Morgan fingerprint density at radius 2 is 0.855 bits per heavy atom. The molecule has 12 aromatic carbocycles. The number of fused-ring (bicyclic) bond motifs is 5. The number of furan rings is 1. The third-order valence-electron chi connectivity index (χ3n) is 10.9. The van der Waals surface area contributed by atoms with E-state index in [4.69, 9.17) is 16.8 Å². The summed E-state index contributed by atoms with van der Waals surface area (Å²) in [7, 11) is 0. The molecule has 0 radical (unpaired) electrons. The van der Waals surface area contributed by atoms with Crippen LogP contribution in [0, 0.1) is 0 Å². The standard InChI is InChI=1S/C54H30O/c1-2-10-42-31(5-1)20-28-49-54(42)47-30-39(21-27-48(47)55-49)41-23-19-38(40-22-15-36-13-11-32-6-3-8-34-17-25-44(40)52(36)50(32)34)29-46(41)43-24-16-37-14-12-33-7-4-9-35-18-26-45(43)53(37)51(33)35/h1-30H/i3D,4D,6D,7D,8D,9D,11D,12D,13D,14D,15D,16D,17D,18D,22D,24D,25D,26D. The van der Waals surface area contributed by atoms with Gasteiger partial charge in [-0.15, -0.1) is 0 Å². The van der Waals surface area contributed by atoms with Gasteiger partial charge in [-0.3, -0.25) is 0 Å². The molecule has 1 heteroatoms. The fraction of sp³-hybridized carbons (Fsp3) is 0. The van der Waals surface area contributed by atoms with E-state index in [-0.39, 0.29) is 86.9 Å². The van der Waals surface area contributed by atoms with Crippen LogP contribution >= 0.6 is 0 Å². The maximum atomic E-state index is 9.85. The van der Waals surface area contributed by atoms with Crippen molar-refractivity contribution < 1.29 is 29.1 Å². The lowest BCUT2D eigenvalue weighted by Gasteiger charge is -2.19. The smallest absolute Gasteiger partial charge is 0.136 e. The van der Waals surface area contributed by atoms with Crippen molar-refractivity contribution in [2.45, 2.75) is 0 Å². The van der Waals surface area contributed by atoms with E-state index in [1.54, 1.807) is 30.3 Å². The monoisotopic (exact) mass is 712 g/mol. The summed E-state index contributed by atoms with van der Waals surface area (Å²) in [6.45, 7) is 0. The van der Waals surface area contributed by atoms with Crippen LogP contribution < -0.4 is 0 Å². The first-order chi connectivity index (χ1) is 34.8. The zero-order chi connectivity index (χ0) is 51.4. The first kappa shape index (κ1) is 17.3. The second-order valence-electron chi connectivity index (χ2n) is 13.7. The first-order valence-electron chi connectivity index (χ1n) is 26.6. The number of hydrogen-bond donors (Lipinski definition) is 0. The Morgan fingerprint density at radius 1 is 0.309 bits per heavy atom. The van der Waals surface area contributed by atoms with Gasteiger partial charge in [-0.2, -0.15) is 0 Å². The minimum atomic E-state index is -0.614. The lowest BCUT2D eigenvalue weighted by molar-refractivity contribution is 0.669. The van der Waals surface area contributed by atoms with Crippen LogP contribution in [-0.4, -0.2) is 0 Å². The molecule has 13 rings (SSSR count). The summed E-state index contributed by atoms with van der Waals surface area (Å²) in [5.41, 5.74) is 2.11. The summed E-state index contributed by atoms with van der Waals surface area (Å²) in [6, 6.07) is 12.0. The summed E-state index contributed by atoms with van der Waals surface area (Å²) in [5, 5.41) is 1.65. The fourth-order valence-corrected chi connectivity index (χ4v) is 8.42. The van der Waals surface area contributed by atoms with Crippen LogP contribution in [0.5, 0.6) is 0 Å². The molecule has 0 aliphatic heterocycles. The molecule has 0 N–H and O–H groups in total. The first-order valence-corrected chi connectivity index (χ1v) is 17.6. The average molecular weight is 713 g/mol. The van der Waals surface area contributed by atoms with Crippen molar-refractivity contribution in [2.24, 2.45) is 0 Å². The van der Waals surface area contributed by atoms with E-state index in [9.17, 15) is 12.3 Å². The molecule has 1 aromatic heterocycles. The molecule has 0 aliphatic rings. The van der Waals surface area contributed by atoms with Gasteiger partial charge < -0.3 is 4.42 Å². The van der Waals surface area contributed by atoms with E-state index >= 15 is 0 Å². The summed E-state index contributed by atoms with van der Waals surface area (Å²) < 4.78 is 172. The molecular weight excluding hydrogens is 665 g/mol. The maximum Gasteiger partial charge on any atom is 0.136 e. The van der Waals surface area contributed by atoms with Crippen molar-refractivity contribution in [2.75, 3.05) is 0 Å². The Kier molecular flexibility index (Phi) is 3.36. The molecule has 13 aromatic rings. The van der Waals surface area contributed by atoms with Gasteiger partial charge in [0.25, 0.3) is 0 Å². The van der Waals surface area contributed by atoms with E-state index < -0.39 is 109 Å². The molecule has 0 bridgehead atoms. The SMILES string of the molecule is [2H]c1c([2H])c2c([2H])c([2H])c3c([2H])c([2H])c(-c4ccc(-c5ccc6oc7ccc8ccccc8c7c6c5)c(-c5c([2H])c([2H])c6c([2H])c([2H])c7c([2H])c([2H])c([2H])c8c([2H])c([2H])c5c6c78)c4)c4c([2H])c([2H])c(c1[2H])c2c34. The summed E-state index contributed by atoms with van der Waals surface area (Å²) >= 11 is 0. The molecule has 252 valence electrons. The summed E-state index contributed by atoms with van der Waals surface area (Å²) in [4.78, 5) is 0. The zero-order valence-corrected chi connectivity index (χ0v) is 28.3. The molecule has 0 saturated heterocycles. The van der Waals surface area contributed by atoms with E-state index in [0.717, 1.165) is 21.5 Å². The van der Waals surface area contributed by atoms with Gasteiger partial charge in [-0.05, 0) is 133 Å². The number of hydrogen-bond acceptors (Lipinski definition) is 1. The minimum Gasteiger partial charge on any atom is -0.456 e. The van der Waals surface area contributed by atoms with Gasteiger partial charge in [-0.25, -0.2) is 0 Å². The quantitative estimate of drug-likeness (QED) is 0.166. The van der Waals surface area contributed by atoms with Gasteiger partial charge in [0.15, 0.2) is 0 Å². The zero-order valence-electron chi connectivity index (χ0n) is 46.3. The van der Waals surface area contributed by atoms with E-state index in [0.29, 0.717) is 22.3 Å². The van der Waals surface area contributed by atoms with E-state index in [1.807, 2.05) is 42.5 Å². The van der Waals surface area contributed by atoms with Crippen molar-refractivity contribution in [3.05, 3.63) is 182 Å². The van der Waals surface area contributed by atoms with Gasteiger partial charge in [-0.1, -0.05) is 157 Å².